The molecule has 3 unspecified atom stereocenters. The van der Waals surface area contributed by atoms with Gasteiger partial charge in [-0.1, -0.05) is 6.92 Å². The molecule has 2 fully saturated rings. The molecular formula is C17H21N3O6. The van der Waals surface area contributed by atoms with Gasteiger partial charge in [-0.25, -0.2) is 4.79 Å². The fourth-order valence-electron chi connectivity index (χ4n) is 3.69. The van der Waals surface area contributed by atoms with Crippen molar-refractivity contribution in [1.82, 2.24) is 9.80 Å². The number of primary amides is 1. The predicted octanol–water partition coefficient (Wildman–Crippen LogP) is -1.25. The Bertz CT molecular complexity index is 715. The van der Waals surface area contributed by atoms with E-state index in [1.807, 2.05) is 0 Å². The van der Waals surface area contributed by atoms with E-state index in [1.54, 1.807) is 6.92 Å². The van der Waals surface area contributed by atoms with Crippen molar-refractivity contribution in [1.29, 1.82) is 0 Å². The van der Waals surface area contributed by atoms with Gasteiger partial charge >= 0.3 is 5.97 Å². The number of fused-ring (bicyclic) bond motifs is 1. The lowest BCUT2D eigenvalue weighted by Crippen LogP contribution is -2.44. The first-order valence-electron chi connectivity index (χ1n) is 8.61. The van der Waals surface area contributed by atoms with E-state index in [9.17, 15) is 24.0 Å². The summed E-state index contributed by atoms with van der Waals surface area (Å²) in [5.41, 5.74) is 5.14. The fraction of sp³-hybridized carbons (Fsp3) is 0.588. The number of carbonyl (C=O) groups excluding carboxylic acids is 5. The van der Waals surface area contributed by atoms with Crippen LogP contribution in [-0.4, -0.2) is 71.1 Å². The van der Waals surface area contributed by atoms with Gasteiger partial charge in [0.05, 0.1) is 12.6 Å². The van der Waals surface area contributed by atoms with Crippen LogP contribution in [0.3, 0.4) is 0 Å². The number of ketones is 1. The SMILES string of the molecule is CC(CCC(=O)N1CCC2C1C(=O)CN2C(=O)C1=CCOC1=O)C(N)=O. The van der Waals surface area contributed by atoms with Crippen molar-refractivity contribution in [2.75, 3.05) is 19.7 Å². The van der Waals surface area contributed by atoms with Crippen LogP contribution >= 0.6 is 0 Å². The number of carbonyl (C=O) groups is 5. The number of nitrogens with zero attached hydrogens (tertiary/aromatic N) is 2. The van der Waals surface area contributed by atoms with Crippen molar-refractivity contribution in [3.05, 3.63) is 11.6 Å². The molecular weight excluding hydrogens is 342 g/mol. The van der Waals surface area contributed by atoms with Crippen LogP contribution in [0.15, 0.2) is 11.6 Å². The first-order chi connectivity index (χ1) is 12.3. The standard InChI is InChI=1S/C17H21N3O6/c1-9(15(18)23)2-3-13(22)19-6-4-11-14(19)12(21)8-20(11)16(24)10-5-7-26-17(10)25/h5,9,11,14H,2-4,6-8H2,1H3,(H2,18,23). The Morgan fingerprint density at radius 2 is 2.04 bits per heavy atom. The zero-order valence-corrected chi connectivity index (χ0v) is 14.5. The molecule has 26 heavy (non-hydrogen) atoms. The van der Waals surface area contributed by atoms with Crippen LogP contribution < -0.4 is 5.73 Å². The smallest absolute Gasteiger partial charge is 0.343 e. The van der Waals surface area contributed by atoms with Crippen molar-refractivity contribution in [2.45, 2.75) is 38.3 Å². The number of esters is 1. The van der Waals surface area contributed by atoms with E-state index in [2.05, 4.69) is 0 Å². The molecule has 0 aromatic heterocycles. The molecule has 0 aromatic carbocycles. The number of amides is 3. The van der Waals surface area contributed by atoms with Crippen molar-refractivity contribution in [3.63, 3.8) is 0 Å². The minimum absolute atomic E-state index is 0.0540. The molecule has 0 aromatic rings. The van der Waals surface area contributed by atoms with Gasteiger partial charge < -0.3 is 20.3 Å². The highest BCUT2D eigenvalue weighted by molar-refractivity contribution is 6.18. The van der Waals surface area contributed by atoms with Crippen molar-refractivity contribution in [3.8, 4) is 0 Å². The van der Waals surface area contributed by atoms with Crippen molar-refractivity contribution >= 4 is 29.5 Å². The topological polar surface area (TPSA) is 127 Å². The Balaban J connectivity index is 1.67. The maximum absolute atomic E-state index is 12.6. The van der Waals surface area contributed by atoms with E-state index >= 15 is 0 Å². The van der Waals surface area contributed by atoms with Gasteiger partial charge in [0.15, 0.2) is 5.78 Å². The molecule has 0 aliphatic carbocycles. The van der Waals surface area contributed by atoms with Crippen molar-refractivity contribution < 1.29 is 28.7 Å². The highest BCUT2D eigenvalue weighted by atomic mass is 16.5. The number of Topliss-reactive ketones (excluding diaryl/α,β-unsaturated/α-hetero) is 1. The monoisotopic (exact) mass is 363 g/mol. The van der Waals surface area contributed by atoms with E-state index in [-0.39, 0.29) is 36.8 Å². The third-order valence-electron chi connectivity index (χ3n) is 5.23. The average molecular weight is 363 g/mol. The van der Waals surface area contributed by atoms with Gasteiger partial charge in [0, 0.05) is 18.9 Å². The highest BCUT2D eigenvalue weighted by Gasteiger charge is 2.52. The Morgan fingerprint density at radius 1 is 1.31 bits per heavy atom. The van der Waals surface area contributed by atoms with Crippen LogP contribution in [0.2, 0.25) is 0 Å². The van der Waals surface area contributed by atoms with Gasteiger partial charge in [-0.2, -0.15) is 0 Å². The second-order valence-corrected chi connectivity index (χ2v) is 6.85. The molecule has 0 bridgehead atoms. The first-order valence-corrected chi connectivity index (χ1v) is 8.61. The predicted molar refractivity (Wildman–Crippen MR) is 87.3 cm³/mol. The number of hydrogen-bond donors (Lipinski definition) is 1. The molecule has 9 nitrogen and oxygen atoms in total. The largest absolute Gasteiger partial charge is 0.458 e. The Kier molecular flexibility index (Phi) is 4.80. The van der Waals surface area contributed by atoms with Gasteiger partial charge in [-0.05, 0) is 18.9 Å². The Morgan fingerprint density at radius 3 is 2.65 bits per heavy atom. The Hall–Kier alpha value is -2.71. The van der Waals surface area contributed by atoms with Crippen LogP contribution in [0.4, 0.5) is 0 Å². The summed E-state index contributed by atoms with van der Waals surface area (Å²) >= 11 is 0. The molecule has 3 rings (SSSR count). The van der Waals surface area contributed by atoms with Gasteiger partial charge in [0.1, 0.15) is 18.2 Å². The number of likely N-dealkylation sites (tertiary alicyclic amines) is 2. The summed E-state index contributed by atoms with van der Waals surface area (Å²) in [4.78, 5) is 63.0. The second-order valence-electron chi connectivity index (χ2n) is 6.85. The molecule has 2 N–H and O–H groups in total. The Labute approximate surface area is 150 Å². The number of hydrogen-bond acceptors (Lipinski definition) is 6. The van der Waals surface area contributed by atoms with Crippen LogP contribution in [0.1, 0.15) is 26.2 Å². The molecule has 3 atom stereocenters. The molecule has 3 aliphatic rings. The summed E-state index contributed by atoms with van der Waals surface area (Å²) in [5, 5.41) is 0. The van der Waals surface area contributed by atoms with Gasteiger partial charge in [0.2, 0.25) is 11.8 Å². The van der Waals surface area contributed by atoms with E-state index in [0.717, 1.165) is 0 Å². The normalized spacial score (nSPS) is 25.8. The molecule has 140 valence electrons. The summed E-state index contributed by atoms with van der Waals surface area (Å²) in [7, 11) is 0. The van der Waals surface area contributed by atoms with E-state index in [1.165, 1.54) is 15.9 Å². The lowest BCUT2D eigenvalue weighted by Gasteiger charge is -2.24. The summed E-state index contributed by atoms with van der Waals surface area (Å²) < 4.78 is 4.75. The summed E-state index contributed by atoms with van der Waals surface area (Å²) in [5.74, 6) is -2.54. The molecule has 0 saturated carbocycles. The summed E-state index contributed by atoms with van der Waals surface area (Å²) in [6, 6.07) is -1.12. The van der Waals surface area contributed by atoms with Crippen molar-refractivity contribution in [2.24, 2.45) is 11.7 Å². The highest BCUT2D eigenvalue weighted by Crippen LogP contribution is 2.32. The quantitative estimate of drug-likeness (QED) is 0.480. The van der Waals surface area contributed by atoms with Gasteiger partial charge in [-0.3, -0.25) is 19.2 Å². The minimum atomic E-state index is -0.687. The van der Waals surface area contributed by atoms with Gasteiger partial charge in [0.25, 0.3) is 5.91 Å². The van der Waals surface area contributed by atoms with Crippen LogP contribution in [-0.2, 0) is 28.7 Å². The number of rotatable bonds is 5. The summed E-state index contributed by atoms with van der Waals surface area (Å²) in [6.07, 6.45) is 2.32. The average Bonchev–Trinajstić information content (AvgIpc) is 3.28. The molecule has 3 amide bonds. The third kappa shape index (κ3) is 3.09. The summed E-state index contributed by atoms with van der Waals surface area (Å²) in [6.45, 7) is 1.94. The number of nitrogens with two attached hydrogens (primary N) is 1. The first kappa shape index (κ1) is 18.1. The lowest BCUT2D eigenvalue weighted by atomic mass is 10.0. The van der Waals surface area contributed by atoms with Crippen LogP contribution in [0.5, 0.6) is 0 Å². The zero-order valence-electron chi connectivity index (χ0n) is 14.5. The zero-order chi connectivity index (χ0) is 19.0. The maximum Gasteiger partial charge on any atom is 0.343 e. The molecule has 3 heterocycles. The number of cyclic esters (lactones) is 1. The number of ether oxygens (including phenoxy) is 1. The van der Waals surface area contributed by atoms with E-state index in [4.69, 9.17) is 10.5 Å². The van der Waals surface area contributed by atoms with Crippen LogP contribution in [0.25, 0.3) is 0 Å². The third-order valence-corrected chi connectivity index (χ3v) is 5.23. The van der Waals surface area contributed by atoms with E-state index in [0.29, 0.717) is 19.4 Å². The lowest BCUT2D eigenvalue weighted by molar-refractivity contribution is -0.140. The molecule has 9 heteroatoms. The molecule has 0 radical (unpaired) electrons. The molecule has 2 saturated heterocycles. The molecule has 0 spiro atoms. The van der Waals surface area contributed by atoms with E-state index < -0.39 is 35.8 Å². The second kappa shape index (κ2) is 6.89. The fourth-order valence-corrected chi connectivity index (χ4v) is 3.69. The minimum Gasteiger partial charge on any atom is -0.458 e. The molecule has 3 aliphatic heterocycles. The maximum atomic E-state index is 12.6. The van der Waals surface area contributed by atoms with Gasteiger partial charge in [-0.15, -0.1) is 0 Å². The van der Waals surface area contributed by atoms with Crippen LogP contribution in [0, 0.1) is 5.92 Å².